The molecule has 1 aromatic rings. The molecule has 0 saturated heterocycles. The average Bonchev–Trinajstić information content (AvgIpc) is 2.26. The van der Waals surface area contributed by atoms with Crippen molar-refractivity contribution < 1.29 is 18.3 Å². The number of ether oxygens (including phenoxy) is 2. The van der Waals surface area contributed by atoms with Gasteiger partial charge in [-0.25, -0.2) is 0 Å². The lowest BCUT2D eigenvalue weighted by atomic mass is 10.2. The number of hydrogen-bond acceptors (Lipinski definition) is 2. The average molecular weight is 295 g/mol. The van der Waals surface area contributed by atoms with E-state index in [1.807, 2.05) is 6.92 Å². The smallest absolute Gasteiger partial charge is 0.387 e. The van der Waals surface area contributed by atoms with Gasteiger partial charge in [0.2, 0.25) is 0 Å². The van der Waals surface area contributed by atoms with Crippen LogP contribution in [0, 0.1) is 0 Å². The van der Waals surface area contributed by atoms with E-state index in [2.05, 4.69) is 20.7 Å². The molecule has 0 aliphatic heterocycles. The van der Waals surface area contributed by atoms with Gasteiger partial charge in [-0.2, -0.15) is 8.78 Å². The van der Waals surface area contributed by atoms with Gasteiger partial charge < -0.3 is 9.47 Å². The quantitative estimate of drug-likeness (QED) is 0.739. The van der Waals surface area contributed by atoms with Crippen molar-refractivity contribution in [2.24, 2.45) is 0 Å². The maximum atomic E-state index is 12.1. The van der Waals surface area contributed by atoms with Gasteiger partial charge in [-0.3, -0.25) is 0 Å². The van der Waals surface area contributed by atoms with E-state index in [1.54, 1.807) is 12.1 Å². The predicted octanol–water partition coefficient (Wildman–Crippen LogP) is 3.97. The van der Waals surface area contributed by atoms with Gasteiger partial charge in [0.25, 0.3) is 0 Å². The molecule has 0 atom stereocenters. The summed E-state index contributed by atoms with van der Waals surface area (Å²) in [5, 5.41) is 0.461. The van der Waals surface area contributed by atoms with E-state index in [-0.39, 0.29) is 5.75 Å². The fourth-order valence-corrected chi connectivity index (χ4v) is 1.62. The second-order valence-electron chi connectivity index (χ2n) is 3.13. The second kappa shape index (κ2) is 6.68. The predicted molar refractivity (Wildman–Crippen MR) is 61.5 cm³/mol. The van der Waals surface area contributed by atoms with Gasteiger partial charge in [0.05, 0.1) is 6.61 Å². The monoisotopic (exact) mass is 294 g/mol. The summed E-state index contributed by atoms with van der Waals surface area (Å²) in [7, 11) is 0. The third-order valence-corrected chi connectivity index (χ3v) is 2.48. The summed E-state index contributed by atoms with van der Waals surface area (Å²) in [6, 6.07) is 4.93. The van der Waals surface area contributed by atoms with E-state index in [0.29, 0.717) is 23.2 Å². The summed E-state index contributed by atoms with van der Waals surface area (Å²) >= 11 is 3.21. The zero-order valence-corrected chi connectivity index (χ0v) is 10.5. The van der Waals surface area contributed by atoms with Gasteiger partial charge in [-0.15, -0.1) is 0 Å². The van der Waals surface area contributed by atoms with Gasteiger partial charge in [0, 0.05) is 17.0 Å². The van der Waals surface area contributed by atoms with Gasteiger partial charge in [0.15, 0.2) is 0 Å². The number of rotatable bonds is 6. The lowest BCUT2D eigenvalue weighted by Crippen LogP contribution is -2.04. The molecule has 1 rings (SSSR count). The molecule has 0 amide bonds. The Hall–Kier alpha value is -0.840. The summed E-state index contributed by atoms with van der Waals surface area (Å²) in [6.45, 7) is -0.287. The van der Waals surface area contributed by atoms with Crippen molar-refractivity contribution in [3.8, 4) is 11.5 Å². The SMILES string of the molecule is CCCOc1ccc(CBr)c(OC(F)F)c1. The van der Waals surface area contributed by atoms with Gasteiger partial charge in [0.1, 0.15) is 11.5 Å². The highest BCUT2D eigenvalue weighted by atomic mass is 79.9. The molecule has 5 heteroatoms. The molecule has 0 saturated carbocycles. The Morgan fingerprint density at radius 2 is 2.12 bits per heavy atom. The molecule has 0 aliphatic carbocycles. The van der Waals surface area contributed by atoms with E-state index in [0.717, 1.165) is 6.42 Å². The summed E-state index contributed by atoms with van der Waals surface area (Å²) in [6.07, 6.45) is 0.866. The first-order valence-electron chi connectivity index (χ1n) is 4.94. The molecule has 0 aliphatic rings. The molecular formula is C11H13BrF2O2. The van der Waals surface area contributed by atoms with E-state index in [1.165, 1.54) is 6.07 Å². The van der Waals surface area contributed by atoms with Crippen molar-refractivity contribution in [3.05, 3.63) is 23.8 Å². The van der Waals surface area contributed by atoms with Crippen LogP contribution < -0.4 is 9.47 Å². The van der Waals surface area contributed by atoms with Crippen molar-refractivity contribution in [1.29, 1.82) is 0 Å². The topological polar surface area (TPSA) is 18.5 Å². The van der Waals surface area contributed by atoms with Crippen LogP contribution in [0.5, 0.6) is 11.5 Å². The molecule has 0 heterocycles. The summed E-state index contributed by atoms with van der Waals surface area (Å²) in [4.78, 5) is 0. The Morgan fingerprint density at radius 1 is 1.38 bits per heavy atom. The summed E-state index contributed by atoms with van der Waals surface area (Å²) in [5.41, 5.74) is 0.671. The lowest BCUT2D eigenvalue weighted by Gasteiger charge is -2.11. The largest absolute Gasteiger partial charge is 0.493 e. The number of halogens is 3. The van der Waals surface area contributed by atoms with Crippen molar-refractivity contribution in [2.75, 3.05) is 6.61 Å². The minimum absolute atomic E-state index is 0.153. The first-order valence-corrected chi connectivity index (χ1v) is 6.06. The maximum absolute atomic E-state index is 12.1. The molecule has 0 bridgehead atoms. The third-order valence-electron chi connectivity index (χ3n) is 1.87. The van der Waals surface area contributed by atoms with Crippen LogP contribution in [0.15, 0.2) is 18.2 Å². The van der Waals surface area contributed by atoms with Crippen molar-refractivity contribution in [3.63, 3.8) is 0 Å². The summed E-state index contributed by atoms with van der Waals surface area (Å²) < 4.78 is 34.0. The molecule has 1 aromatic carbocycles. The standard InChI is InChI=1S/C11H13BrF2O2/c1-2-5-15-9-4-3-8(7-12)10(6-9)16-11(13)14/h3-4,6,11H,2,5,7H2,1H3. The van der Waals surface area contributed by atoms with Gasteiger partial charge >= 0.3 is 6.61 Å². The fraction of sp³-hybridized carbons (Fsp3) is 0.455. The lowest BCUT2D eigenvalue weighted by molar-refractivity contribution is -0.0504. The molecule has 16 heavy (non-hydrogen) atoms. The number of alkyl halides is 3. The number of benzene rings is 1. The Bertz CT molecular complexity index is 332. The Balaban J connectivity index is 2.83. The zero-order valence-electron chi connectivity index (χ0n) is 8.88. The molecule has 0 radical (unpaired) electrons. The molecular weight excluding hydrogens is 282 g/mol. The molecule has 0 aromatic heterocycles. The molecule has 90 valence electrons. The zero-order chi connectivity index (χ0) is 12.0. The minimum atomic E-state index is -2.82. The van der Waals surface area contributed by atoms with Crippen LogP contribution in [0.1, 0.15) is 18.9 Å². The van der Waals surface area contributed by atoms with Gasteiger partial charge in [-0.05, 0) is 12.5 Å². The molecule has 0 N–H and O–H groups in total. The van der Waals surface area contributed by atoms with Crippen LogP contribution in [0.4, 0.5) is 8.78 Å². The van der Waals surface area contributed by atoms with Crippen molar-refractivity contribution >= 4 is 15.9 Å². The van der Waals surface area contributed by atoms with Gasteiger partial charge in [-0.1, -0.05) is 28.9 Å². The maximum Gasteiger partial charge on any atom is 0.387 e. The van der Waals surface area contributed by atoms with E-state index in [4.69, 9.17) is 4.74 Å². The van der Waals surface area contributed by atoms with Crippen LogP contribution >= 0.6 is 15.9 Å². The Kier molecular flexibility index (Phi) is 5.52. The van der Waals surface area contributed by atoms with Crippen molar-refractivity contribution in [2.45, 2.75) is 25.3 Å². The van der Waals surface area contributed by atoms with E-state index < -0.39 is 6.61 Å². The molecule has 0 fully saturated rings. The molecule has 0 spiro atoms. The summed E-state index contributed by atoms with van der Waals surface area (Å²) in [5.74, 6) is 0.697. The van der Waals surface area contributed by atoms with Crippen LogP contribution in [-0.2, 0) is 5.33 Å². The van der Waals surface area contributed by atoms with Crippen LogP contribution in [0.25, 0.3) is 0 Å². The van der Waals surface area contributed by atoms with E-state index in [9.17, 15) is 8.78 Å². The molecule has 2 nitrogen and oxygen atoms in total. The highest BCUT2D eigenvalue weighted by molar-refractivity contribution is 9.08. The van der Waals surface area contributed by atoms with Crippen LogP contribution in [0.3, 0.4) is 0 Å². The highest BCUT2D eigenvalue weighted by Gasteiger charge is 2.10. The Morgan fingerprint density at radius 3 is 2.69 bits per heavy atom. The van der Waals surface area contributed by atoms with Crippen LogP contribution in [0.2, 0.25) is 0 Å². The molecule has 0 unspecified atom stereocenters. The first-order chi connectivity index (χ1) is 7.67. The fourth-order valence-electron chi connectivity index (χ4n) is 1.16. The highest BCUT2D eigenvalue weighted by Crippen LogP contribution is 2.28. The van der Waals surface area contributed by atoms with E-state index >= 15 is 0 Å². The third kappa shape index (κ3) is 3.96. The van der Waals surface area contributed by atoms with Crippen molar-refractivity contribution in [1.82, 2.24) is 0 Å². The normalized spacial score (nSPS) is 10.6. The first kappa shape index (κ1) is 13.2. The Labute approximate surface area is 102 Å². The van der Waals surface area contributed by atoms with Crippen LogP contribution in [-0.4, -0.2) is 13.2 Å². The minimum Gasteiger partial charge on any atom is -0.493 e. The number of hydrogen-bond donors (Lipinski definition) is 0. The second-order valence-corrected chi connectivity index (χ2v) is 3.69.